The van der Waals surface area contributed by atoms with Crippen LogP contribution < -0.4 is 4.90 Å². The van der Waals surface area contributed by atoms with Crippen LogP contribution in [0.2, 0.25) is 0 Å². The van der Waals surface area contributed by atoms with Gasteiger partial charge in [0.25, 0.3) is 0 Å². The first-order valence-corrected chi connectivity index (χ1v) is 8.95. The number of carbonyl (C=O) groups is 2. The van der Waals surface area contributed by atoms with Crippen LogP contribution in [0.4, 0.5) is 5.69 Å². The van der Waals surface area contributed by atoms with Crippen molar-refractivity contribution in [3.05, 3.63) is 42.1 Å². The molecule has 0 aliphatic carbocycles. The first-order chi connectivity index (χ1) is 11.8. The van der Waals surface area contributed by atoms with Gasteiger partial charge in [0, 0.05) is 18.9 Å². The molecule has 0 atom stereocenters. The van der Waals surface area contributed by atoms with Crippen molar-refractivity contribution in [2.45, 2.75) is 13.8 Å². The lowest BCUT2D eigenvalue weighted by Crippen LogP contribution is -2.40. The van der Waals surface area contributed by atoms with Crippen LogP contribution >= 0.6 is 0 Å². The molecule has 0 radical (unpaired) electrons. The topological polar surface area (TPSA) is 96.4 Å². The fraction of sp³-hybridized carbons (Fsp3) is 0.312. The maximum Gasteiger partial charge on any atom is 0.344 e. The van der Waals surface area contributed by atoms with Crippen LogP contribution in [0.3, 0.4) is 0 Å². The first kappa shape index (κ1) is 18.7. The smallest absolute Gasteiger partial charge is 0.344 e. The molecule has 0 N–H and O–H groups in total. The van der Waals surface area contributed by atoms with E-state index in [-0.39, 0.29) is 17.9 Å². The summed E-state index contributed by atoms with van der Waals surface area (Å²) in [6, 6.07) is 8.80. The molecule has 0 fully saturated rings. The molecule has 134 valence electrons. The van der Waals surface area contributed by atoms with E-state index >= 15 is 0 Å². The number of nitrogens with zero attached hydrogens (tertiary/aromatic N) is 3. The van der Waals surface area contributed by atoms with Crippen LogP contribution in [0.1, 0.15) is 13.8 Å². The zero-order valence-corrected chi connectivity index (χ0v) is 15.0. The fourth-order valence-corrected chi connectivity index (χ4v) is 3.21. The highest BCUT2D eigenvalue weighted by atomic mass is 32.2. The summed E-state index contributed by atoms with van der Waals surface area (Å²) < 4.78 is 33.5. The Morgan fingerprint density at radius 3 is 2.48 bits per heavy atom. The molecule has 0 saturated carbocycles. The quantitative estimate of drug-likeness (QED) is 0.729. The van der Waals surface area contributed by atoms with Gasteiger partial charge in [-0.25, -0.2) is 9.10 Å². The van der Waals surface area contributed by atoms with E-state index < -0.39 is 28.6 Å². The molecule has 1 amide bonds. The molecule has 1 aromatic carbocycles. The number of para-hydroxylation sites is 1. The number of esters is 1. The number of rotatable bonds is 5. The zero-order valence-electron chi connectivity index (χ0n) is 14.2. The molecular weight excluding hydrogens is 346 g/mol. The molecule has 1 aliphatic heterocycles. The van der Waals surface area contributed by atoms with Gasteiger partial charge in [-0.15, -0.1) is 4.40 Å². The Morgan fingerprint density at radius 1 is 1.24 bits per heavy atom. The molecule has 1 aliphatic rings. The third-order valence-electron chi connectivity index (χ3n) is 3.52. The van der Waals surface area contributed by atoms with Crippen molar-refractivity contribution in [2.75, 3.05) is 25.1 Å². The Hall–Kier alpha value is -2.68. The van der Waals surface area contributed by atoms with Crippen molar-refractivity contribution < 1.29 is 22.7 Å². The molecular formula is C16H19N3O5S. The van der Waals surface area contributed by atoms with E-state index in [1.165, 1.54) is 11.8 Å². The van der Waals surface area contributed by atoms with Crippen molar-refractivity contribution in [2.24, 2.45) is 4.40 Å². The summed E-state index contributed by atoms with van der Waals surface area (Å²) in [5.74, 6) is -1.16. The van der Waals surface area contributed by atoms with Gasteiger partial charge in [-0.1, -0.05) is 18.2 Å². The molecule has 8 nitrogen and oxygen atoms in total. The lowest BCUT2D eigenvalue weighted by molar-refractivity contribution is -0.138. The highest BCUT2D eigenvalue weighted by Gasteiger charge is 2.31. The number of hydrogen-bond acceptors (Lipinski definition) is 5. The van der Waals surface area contributed by atoms with E-state index in [9.17, 15) is 18.0 Å². The van der Waals surface area contributed by atoms with Crippen molar-refractivity contribution in [1.82, 2.24) is 4.31 Å². The summed E-state index contributed by atoms with van der Waals surface area (Å²) >= 11 is 0. The Morgan fingerprint density at radius 2 is 1.88 bits per heavy atom. The third-order valence-corrected chi connectivity index (χ3v) is 4.85. The minimum absolute atomic E-state index is 0.00633. The van der Waals surface area contributed by atoms with Gasteiger partial charge in [-0.05, 0) is 26.0 Å². The van der Waals surface area contributed by atoms with Crippen LogP contribution in [0.5, 0.6) is 0 Å². The van der Waals surface area contributed by atoms with E-state index in [2.05, 4.69) is 4.40 Å². The number of ether oxygens (including phenoxy) is 1. The van der Waals surface area contributed by atoms with Crippen molar-refractivity contribution in [3.63, 3.8) is 0 Å². The summed E-state index contributed by atoms with van der Waals surface area (Å²) in [7, 11) is -2.53. The first-order valence-electron chi connectivity index (χ1n) is 7.55. The van der Waals surface area contributed by atoms with Gasteiger partial charge in [0.15, 0.2) is 0 Å². The van der Waals surface area contributed by atoms with Gasteiger partial charge in [0.05, 0.1) is 17.9 Å². The average molecular weight is 365 g/mol. The Balaban J connectivity index is 2.24. The normalized spacial score (nSPS) is 15.9. The highest BCUT2D eigenvalue weighted by molar-refractivity contribution is 7.88. The molecule has 1 heterocycles. The molecule has 1 aromatic rings. The van der Waals surface area contributed by atoms with Crippen LogP contribution in [0.25, 0.3) is 0 Å². The van der Waals surface area contributed by atoms with Crippen molar-refractivity contribution >= 4 is 33.5 Å². The average Bonchev–Trinajstić information content (AvgIpc) is 2.56. The molecule has 0 bridgehead atoms. The van der Waals surface area contributed by atoms with Gasteiger partial charge in [0.1, 0.15) is 6.54 Å². The maximum absolute atomic E-state index is 12.4. The monoisotopic (exact) mass is 365 g/mol. The van der Waals surface area contributed by atoms with E-state index in [0.717, 1.165) is 10.5 Å². The summed E-state index contributed by atoms with van der Waals surface area (Å²) in [4.78, 5) is 25.7. The second-order valence-electron chi connectivity index (χ2n) is 5.25. The molecule has 9 heteroatoms. The molecule has 25 heavy (non-hydrogen) atoms. The van der Waals surface area contributed by atoms with Gasteiger partial charge in [-0.2, -0.15) is 8.42 Å². The van der Waals surface area contributed by atoms with Crippen LogP contribution in [-0.4, -0.2) is 50.5 Å². The minimum atomic E-state index is -4.08. The predicted molar refractivity (Wildman–Crippen MR) is 93.3 cm³/mol. The predicted octanol–water partition coefficient (Wildman–Crippen LogP) is 1.12. The van der Waals surface area contributed by atoms with Gasteiger partial charge in [-0.3, -0.25) is 4.79 Å². The minimum Gasteiger partial charge on any atom is -0.462 e. The standard InChI is InChI=1S/C16H19N3O5S/c1-4-24-16(21)14-10-19(25(22,23)17-12(14)2)11-15(20)18(3)13-8-6-5-7-9-13/h5-10H,4,11H2,1-3H3. The van der Waals surface area contributed by atoms with Crippen LogP contribution in [0, 0.1) is 0 Å². The van der Waals surface area contributed by atoms with E-state index in [1.54, 1.807) is 38.2 Å². The number of hydrogen-bond donors (Lipinski definition) is 0. The summed E-state index contributed by atoms with van der Waals surface area (Å²) in [6.45, 7) is 2.70. The molecule has 0 saturated heterocycles. The SMILES string of the molecule is CCOC(=O)C1=CN(CC(=O)N(C)c2ccccc2)S(=O)(=O)N=C1C. The summed E-state index contributed by atoms with van der Waals surface area (Å²) in [6.07, 6.45) is 1.09. The van der Waals surface area contributed by atoms with E-state index in [0.29, 0.717) is 5.69 Å². The highest BCUT2D eigenvalue weighted by Crippen LogP contribution is 2.19. The number of benzene rings is 1. The van der Waals surface area contributed by atoms with Crippen LogP contribution in [0.15, 0.2) is 46.5 Å². The Bertz CT molecular complexity index is 831. The number of carbonyl (C=O) groups excluding carboxylic acids is 2. The van der Waals surface area contributed by atoms with Gasteiger partial charge in [0.2, 0.25) is 5.91 Å². The molecule has 2 rings (SSSR count). The van der Waals surface area contributed by atoms with Crippen LogP contribution in [-0.2, 0) is 24.5 Å². The maximum atomic E-state index is 12.4. The second kappa shape index (κ2) is 7.47. The number of likely N-dealkylation sites (N-methyl/N-ethyl adjacent to an activating group) is 1. The summed E-state index contributed by atoms with van der Waals surface area (Å²) in [5, 5.41) is 0. The van der Waals surface area contributed by atoms with Gasteiger partial charge < -0.3 is 9.64 Å². The summed E-state index contributed by atoms with van der Waals surface area (Å²) in [5.41, 5.74) is 0.654. The number of amides is 1. The lowest BCUT2D eigenvalue weighted by Gasteiger charge is -2.25. The van der Waals surface area contributed by atoms with Crippen molar-refractivity contribution in [1.29, 1.82) is 0 Å². The third kappa shape index (κ3) is 4.24. The zero-order chi connectivity index (χ0) is 18.6. The van der Waals surface area contributed by atoms with E-state index in [1.807, 2.05) is 6.07 Å². The number of anilines is 1. The molecule has 0 unspecified atom stereocenters. The lowest BCUT2D eigenvalue weighted by atomic mass is 10.2. The van der Waals surface area contributed by atoms with Gasteiger partial charge >= 0.3 is 16.2 Å². The Kier molecular flexibility index (Phi) is 5.58. The van der Waals surface area contributed by atoms with E-state index in [4.69, 9.17) is 4.74 Å². The largest absolute Gasteiger partial charge is 0.462 e. The fourth-order valence-electron chi connectivity index (χ4n) is 2.15. The Labute approximate surface area is 146 Å². The van der Waals surface area contributed by atoms with Crippen molar-refractivity contribution in [3.8, 4) is 0 Å². The molecule has 0 spiro atoms. The second-order valence-corrected chi connectivity index (χ2v) is 6.80. The molecule has 0 aromatic heterocycles.